The molecule has 1 rings (SSSR count). The van der Waals surface area contributed by atoms with E-state index < -0.39 is 0 Å². The van der Waals surface area contributed by atoms with E-state index >= 15 is 0 Å². The second-order valence-electron chi connectivity index (χ2n) is 3.93. The number of nitrogens with zero attached hydrogens (tertiary/aromatic N) is 1. The molecule has 94 valence electrons. The molecule has 0 spiro atoms. The van der Waals surface area contributed by atoms with Crippen LogP contribution < -0.4 is 11.1 Å². The average molecular weight is 235 g/mol. The topological polar surface area (TPSA) is 70.6 Å². The van der Waals surface area contributed by atoms with Gasteiger partial charge in [0, 0.05) is 18.7 Å². The predicted octanol–water partition coefficient (Wildman–Crippen LogP) is 2.36. The maximum absolute atomic E-state index is 8.47. The van der Waals surface area contributed by atoms with Gasteiger partial charge in [0.05, 0.1) is 0 Å². The molecular weight excluding hydrogens is 214 g/mol. The Balaban J connectivity index is 2.74. The summed E-state index contributed by atoms with van der Waals surface area (Å²) in [6.45, 7) is 4.97. The summed E-state index contributed by atoms with van der Waals surface area (Å²) in [5.74, 6) is 0.254. The summed E-state index contributed by atoms with van der Waals surface area (Å²) in [5.41, 5.74) is 9.25. The van der Waals surface area contributed by atoms with E-state index in [1.807, 2.05) is 0 Å². The quantitative estimate of drug-likeness (QED) is 0.307. The molecule has 4 nitrogen and oxygen atoms in total. The van der Waals surface area contributed by atoms with Crippen LogP contribution in [-0.4, -0.2) is 17.6 Å². The molecule has 1 aromatic rings. The van der Waals surface area contributed by atoms with Gasteiger partial charge >= 0.3 is 0 Å². The van der Waals surface area contributed by atoms with E-state index in [1.165, 1.54) is 16.8 Å². The van der Waals surface area contributed by atoms with Crippen LogP contribution in [0.25, 0.3) is 0 Å². The largest absolute Gasteiger partial charge is 0.409 e. The Labute approximate surface area is 103 Å². The maximum atomic E-state index is 8.47. The average Bonchev–Trinajstić information content (AvgIpc) is 2.38. The third-order valence-corrected chi connectivity index (χ3v) is 2.81. The Morgan fingerprint density at radius 3 is 2.35 bits per heavy atom. The molecule has 0 fully saturated rings. The van der Waals surface area contributed by atoms with Crippen molar-refractivity contribution in [2.75, 3.05) is 11.9 Å². The van der Waals surface area contributed by atoms with Crippen LogP contribution in [0.2, 0.25) is 0 Å². The molecule has 0 unspecified atom stereocenters. The van der Waals surface area contributed by atoms with E-state index in [2.05, 4.69) is 42.5 Å². The molecule has 4 heteroatoms. The number of nitrogens with two attached hydrogens (primary N) is 1. The minimum atomic E-state index is 0.254. The van der Waals surface area contributed by atoms with Crippen LogP contribution in [0.4, 0.5) is 5.69 Å². The number of nitrogens with one attached hydrogen (secondary N) is 1. The van der Waals surface area contributed by atoms with Crippen LogP contribution in [0.1, 0.15) is 31.4 Å². The molecule has 17 heavy (non-hydrogen) atoms. The number of benzene rings is 1. The molecule has 0 aliphatic heterocycles. The van der Waals surface area contributed by atoms with E-state index in [4.69, 9.17) is 10.9 Å². The van der Waals surface area contributed by atoms with Gasteiger partial charge in [-0.2, -0.15) is 0 Å². The first-order valence-electron chi connectivity index (χ1n) is 6.03. The second-order valence-corrected chi connectivity index (χ2v) is 3.93. The van der Waals surface area contributed by atoms with Crippen molar-refractivity contribution in [1.29, 1.82) is 0 Å². The first-order chi connectivity index (χ1) is 8.22. The van der Waals surface area contributed by atoms with Crippen molar-refractivity contribution in [2.45, 2.75) is 33.1 Å². The lowest BCUT2D eigenvalue weighted by molar-refractivity contribution is 0.317. The summed E-state index contributed by atoms with van der Waals surface area (Å²) >= 11 is 0. The third-order valence-electron chi connectivity index (χ3n) is 2.81. The summed E-state index contributed by atoms with van der Waals surface area (Å²) in [5, 5.41) is 14.8. The zero-order chi connectivity index (χ0) is 12.7. The molecular formula is C13H21N3O. The molecule has 0 atom stereocenters. The molecule has 1 aromatic carbocycles. The fourth-order valence-electron chi connectivity index (χ4n) is 1.84. The van der Waals surface area contributed by atoms with Crippen LogP contribution in [-0.2, 0) is 12.8 Å². The number of anilines is 1. The minimum absolute atomic E-state index is 0.254. The van der Waals surface area contributed by atoms with Gasteiger partial charge in [0.2, 0.25) is 0 Å². The van der Waals surface area contributed by atoms with Crippen molar-refractivity contribution in [1.82, 2.24) is 0 Å². The highest BCUT2D eigenvalue weighted by atomic mass is 16.4. The van der Waals surface area contributed by atoms with Crippen molar-refractivity contribution in [3.05, 3.63) is 29.3 Å². The van der Waals surface area contributed by atoms with Crippen LogP contribution in [0.3, 0.4) is 0 Å². The summed E-state index contributed by atoms with van der Waals surface area (Å²) in [6, 6.07) is 6.35. The van der Waals surface area contributed by atoms with Gasteiger partial charge in [-0.05, 0) is 24.0 Å². The van der Waals surface area contributed by atoms with E-state index in [9.17, 15) is 0 Å². The van der Waals surface area contributed by atoms with E-state index in [1.54, 1.807) is 0 Å². The van der Waals surface area contributed by atoms with Gasteiger partial charge in [-0.1, -0.05) is 37.2 Å². The summed E-state index contributed by atoms with van der Waals surface area (Å²) in [4.78, 5) is 0. The number of oxime groups is 1. The van der Waals surface area contributed by atoms with Gasteiger partial charge in [0.1, 0.15) is 5.84 Å². The standard InChI is InChI=1S/C13H21N3O/c1-3-10-6-5-7-11(4-2)13(10)15-9-8-12(14)16-17/h5-7,15,17H,3-4,8-9H2,1-2H3,(H2,14,16). The van der Waals surface area contributed by atoms with Crippen LogP contribution >= 0.6 is 0 Å². The number of hydrogen-bond donors (Lipinski definition) is 3. The number of amidine groups is 1. The third kappa shape index (κ3) is 3.66. The maximum Gasteiger partial charge on any atom is 0.140 e. The fourth-order valence-corrected chi connectivity index (χ4v) is 1.84. The Kier molecular flexibility index (Phi) is 5.33. The van der Waals surface area contributed by atoms with E-state index in [-0.39, 0.29) is 5.84 Å². The zero-order valence-electron chi connectivity index (χ0n) is 10.5. The molecule has 0 amide bonds. The molecule has 4 N–H and O–H groups in total. The Morgan fingerprint density at radius 1 is 1.29 bits per heavy atom. The van der Waals surface area contributed by atoms with Gasteiger partial charge < -0.3 is 16.3 Å². The number of para-hydroxylation sites is 1. The lowest BCUT2D eigenvalue weighted by Gasteiger charge is -2.15. The van der Waals surface area contributed by atoms with Crippen LogP contribution in [0.5, 0.6) is 0 Å². The second kappa shape index (κ2) is 6.78. The molecule has 0 aliphatic rings. The minimum Gasteiger partial charge on any atom is -0.409 e. The lowest BCUT2D eigenvalue weighted by atomic mass is 10.0. The van der Waals surface area contributed by atoms with Gasteiger partial charge in [-0.3, -0.25) is 0 Å². The van der Waals surface area contributed by atoms with Crippen molar-refractivity contribution in [2.24, 2.45) is 10.9 Å². The van der Waals surface area contributed by atoms with Gasteiger partial charge in [0.25, 0.3) is 0 Å². The van der Waals surface area contributed by atoms with Gasteiger partial charge in [-0.15, -0.1) is 0 Å². The molecule has 0 radical (unpaired) electrons. The van der Waals surface area contributed by atoms with Crippen LogP contribution in [0, 0.1) is 0 Å². The fraction of sp³-hybridized carbons (Fsp3) is 0.462. The number of aryl methyl sites for hydroxylation is 2. The van der Waals surface area contributed by atoms with E-state index in [0.717, 1.165) is 12.8 Å². The molecule has 0 aromatic heterocycles. The van der Waals surface area contributed by atoms with Crippen molar-refractivity contribution in [3.63, 3.8) is 0 Å². The number of hydrogen-bond acceptors (Lipinski definition) is 3. The highest BCUT2D eigenvalue weighted by Crippen LogP contribution is 2.22. The molecule has 0 aliphatic carbocycles. The first kappa shape index (κ1) is 13.4. The highest BCUT2D eigenvalue weighted by Gasteiger charge is 2.05. The summed E-state index contributed by atoms with van der Waals surface area (Å²) in [7, 11) is 0. The lowest BCUT2D eigenvalue weighted by Crippen LogP contribution is -2.17. The summed E-state index contributed by atoms with van der Waals surface area (Å²) < 4.78 is 0. The predicted molar refractivity (Wildman–Crippen MR) is 71.7 cm³/mol. The monoisotopic (exact) mass is 235 g/mol. The molecule has 0 saturated heterocycles. The Hall–Kier alpha value is -1.71. The highest BCUT2D eigenvalue weighted by molar-refractivity contribution is 5.80. The first-order valence-corrected chi connectivity index (χ1v) is 6.03. The molecule has 0 bridgehead atoms. The number of rotatable bonds is 6. The normalized spacial score (nSPS) is 11.5. The van der Waals surface area contributed by atoms with Gasteiger partial charge in [-0.25, -0.2) is 0 Å². The summed E-state index contributed by atoms with van der Waals surface area (Å²) in [6.07, 6.45) is 2.54. The molecule has 0 saturated carbocycles. The van der Waals surface area contributed by atoms with Crippen LogP contribution in [0.15, 0.2) is 23.4 Å². The van der Waals surface area contributed by atoms with E-state index in [0.29, 0.717) is 13.0 Å². The van der Waals surface area contributed by atoms with Crippen molar-refractivity contribution >= 4 is 11.5 Å². The molecule has 0 heterocycles. The van der Waals surface area contributed by atoms with Crippen molar-refractivity contribution in [3.8, 4) is 0 Å². The van der Waals surface area contributed by atoms with Gasteiger partial charge in [0.15, 0.2) is 0 Å². The zero-order valence-corrected chi connectivity index (χ0v) is 10.5. The smallest absolute Gasteiger partial charge is 0.140 e. The van der Waals surface area contributed by atoms with Crippen molar-refractivity contribution < 1.29 is 5.21 Å². The Morgan fingerprint density at radius 2 is 1.88 bits per heavy atom. The Bertz CT molecular complexity index is 366. The SMILES string of the molecule is CCc1cccc(CC)c1NCCC(N)=NO.